The van der Waals surface area contributed by atoms with Crippen LogP contribution in [-0.2, 0) is 4.79 Å². The summed E-state index contributed by atoms with van der Waals surface area (Å²) in [5.41, 5.74) is 1.46. The molecule has 19 heavy (non-hydrogen) atoms. The molecule has 1 amide bonds. The van der Waals surface area contributed by atoms with E-state index in [9.17, 15) is 9.90 Å². The van der Waals surface area contributed by atoms with Gasteiger partial charge in [-0.3, -0.25) is 4.79 Å². The van der Waals surface area contributed by atoms with Crippen LogP contribution >= 0.6 is 15.9 Å². The van der Waals surface area contributed by atoms with Crippen molar-refractivity contribution in [2.75, 3.05) is 5.32 Å². The molecular formula is C15H14BrNO2. The van der Waals surface area contributed by atoms with Gasteiger partial charge in [-0.15, -0.1) is 0 Å². The minimum absolute atomic E-state index is 0.0382. The molecule has 0 saturated heterocycles. The molecule has 2 aromatic carbocycles. The highest BCUT2D eigenvalue weighted by Crippen LogP contribution is 2.20. The molecule has 0 heterocycles. The number of hydrogen-bond acceptors (Lipinski definition) is 2. The van der Waals surface area contributed by atoms with Crippen LogP contribution < -0.4 is 5.32 Å². The zero-order valence-electron chi connectivity index (χ0n) is 10.2. The summed E-state index contributed by atoms with van der Waals surface area (Å²) in [6.07, 6.45) is -0.756. The summed E-state index contributed by atoms with van der Waals surface area (Å²) in [6.45, 7) is 0. The number of aliphatic hydroxyl groups is 1. The SMILES string of the molecule is O=C(C[C@@H](O)c1ccc(Br)cc1)Nc1ccccc1. The third-order valence-corrected chi connectivity index (χ3v) is 3.22. The van der Waals surface area contributed by atoms with Crippen molar-refractivity contribution in [3.05, 3.63) is 64.6 Å². The highest BCUT2D eigenvalue weighted by molar-refractivity contribution is 9.10. The summed E-state index contributed by atoms with van der Waals surface area (Å²) in [5, 5.41) is 12.7. The summed E-state index contributed by atoms with van der Waals surface area (Å²) in [5.74, 6) is -0.207. The van der Waals surface area contributed by atoms with Crippen LogP contribution in [-0.4, -0.2) is 11.0 Å². The van der Waals surface area contributed by atoms with Gasteiger partial charge in [-0.2, -0.15) is 0 Å². The van der Waals surface area contributed by atoms with Gasteiger partial charge in [0.05, 0.1) is 12.5 Å². The van der Waals surface area contributed by atoms with Gasteiger partial charge in [0.1, 0.15) is 0 Å². The monoisotopic (exact) mass is 319 g/mol. The number of carbonyl (C=O) groups excluding carboxylic acids is 1. The minimum atomic E-state index is -0.795. The van der Waals surface area contributed by atoms with E-state index in [0.717, 1.165) is 15.7 Å². The second-order valence-corrected chi connectivity index (χ2v) is 5.10. The first-order chi connectivity index (χ1) is 9.15. The molecule has 0 aliphatic heterocycles. The van der Waals surface area contributed by atoms with E-state index in [0.29, 0.717) is 0 Å². The van der Waals surface area contributed by atoms with Gasteiger partial charge in [-0.25, -0.2) is 0 Å². The molecule has 0 spiro atoms. The zero-order valence-corrected chi connectivity index (χ0v) is 11.8. The predicted molar refractivity (Wildman–Crippen MR) is 78.8 cm³/mol. The summed E-state index contributed by atoms with van der Waals surface area (Å²) in [7, 11) is 0. The van der Waals surface area contributed by atoms with Crippen LogP contribution in [0.2, 0.25) is 0 Å². The molecule has 0 fully saturated rings. The van der Waals surface area contributed by atoms with E-state index in [4.69, 9.17) is 0 Å². The van der Waals surface area contributed by atoms with Gasteiger partial charge in [0, 0.05) is 10.2 Å². The van der Waals surface area contributed by atoms with Crippen molar-refractivity contribution in [2.24, 2.45) is 0 Å². The fraction of sp³-hybridized carbons (Fsp3) is 0.133. The Labute approximate surface area is 120 Å². The van der Waals surface area contributed by atoms with Crippen molar-refractivity contribution in [2.45, 2.75) is 12.5 Å². The van der Waals surface area contributed by atoms with Crippen LogP contribution in [0.15, 0.2) is 59.1 Å². The van der Waals surface area contributed by atoms with E-state index in [1.54, 1.807) is 12.1 Å². The highest BCUT2D eigenvalue weighted by atomic mass is 79.9. The molecule has 0 saturated carbocycles. The number of hydrogen-bond donors (Lipinski definition) is 2. The molecule has 2 aromatic rings. The van der Waals surface area contributed by atoms with Gasteiger partial charge in [0.2, 0.25) is 5.91 Å². The number of carbonyl (C=O) groups is 1. The number of benzene rings is 2. The lowest BCUT2D eigenvalue weighted by Crippen LogP contribution is -2.15. The molecular weight excluding hydrogens is 306 g/mol. The number of aliphatic hydroxyl groups excluding tert-OH is 1. The summed E-state index contributed by atoms with van der Waals surface area (Å²) in [6, 6.07) is 16.5. The van der Waals surface area contributed by atoms with Crippen molar-refractivity contribution in [3.63, 3.8) is 0 Å². The van der Waals surface area contributed by atoms with Gasteiger partial charge in [0.25, 0.3) is 0 Å². The van der Waals surface area contributed by atoms with Crippen LogP contribution in [0.4, 0.5) is 5.69 Å². The lowest BCUT2D eigenvalue weighted by Gasteiger charge is -2.11. The number of nitrogens with one attached hydrogen (secondary N) is 1. The summed E-state index contributed by atoms with van der Waals surface area (Å²) >= 11 is 3.33. The maximum atomic E-state index is 11.8. The van der Waals surface area contributed by atoms with Crippen LogP contribution in [0.3, 0.4) is 0 Å². The van der Waals surface area contributed by atoms with Crippen molar-refractivity contribution in [1.29, 1.82) is 0 Å². The average molecular weight is 320 g/mol. The minimum Gasteiger partial charge on any atom is -0.388 e. The Kier molecular flexibility index (Phi) is 4.71. The topological polar surface area (TPSA) is 49.3 Å². The Morgan fingerprint density at radius 3 is 2.37 bits per heavy atom. The third-order valence-electron chi connectivity index (χ3n) is 2.69. The Balaban J connectivity index is 1.93. The molecule has 0 unspecified atom stereocenters. The Morgan fingerprint density at radius 1 is 1.11 bits per heavy atom. The van der Waals surface area contributed by atoms with Gasteiger partial charge in [0.15, 0.2) is 0 Å². The van der Waals surface area contributed by atoms with E-state index in [2.05, 4.69) is 21.2 Å². The maximum Gasteiger partial charge on any atom is 0.227 e. The first-order valence-electron chi connectivity index (χ1n) is 5.93. The standard InChI is InChI=1S/C15H14BrNO2/c16-12-8-6-11(7-9-12)14(18)10-15(19)17-13-4-2-1-3-5-13/h1-9,14,18H,10H2,(H,17,19)/t14-/m1/s1. The number of para-hydroxylation sites is 1. The Hall–Kier alpha value is -1.65. The molecule has 98 valence electrons. The Bertz CT molecular complexity index is 540. The van der Waals surface area contributed by atoms with Crippen molar-refractivity contribution >= 4 is 27.5 Å². The van der Waals surface area contributed by atoms with Crippen LogP contribution in [0.25, 0.3) is 0 Å². The molecule has 2 rings (SSSR count). The van der Waals surface area contributed by atoms with E-state index in [-0.39, 0.29) is 12.3 Å². The van der Waals surface area contributed by atoms with Crippen LogP contribution in [0, 0.1) is 0 Å². The van der Waals surface area contributed by atoms with Crippen molar-refractivity contribution in [1.82, 2.24) is 0 Å². The molecule has 1 atom stereocenters. The number of halogens is 1. The third kappa shape index (κ3) is 4.19. The first-order valence-corrected chi connectivity index (χ1v) is 6.73. The highest BCUT2D eigenvalue weighted by Gasteiger charge is 2.12. The number of anilines is 1. The first kappa shape index (κ1) is 13.8. The van der Waals surface area contributed by atoms with E-state index >= 15 is 0 Å². The predicted octanol–water partition coefficient (Wildman–Crippen LogP) is 3.51. The fourth-order valence-electron chi connectivity index (χ4n) is 1.71. The molecule has 0 aliphatic rings. The van der Waals surface area contributed by atoms with Crippen molar-refractivity contribution < 1.29 is 9.90 Å². The Morgan fingerprint density at radius 2 is 1.74 bits per heavy atom. The average Bonchev–Trinajstić information content (AvgIpc) is 2.40. The number of rotatable bonds is 4. The molecule has 0 aliphatic carbocycles. The molecule has 0 bridgehead atoms. The van der Waals surface area contributed by atoms with E-state index < -0.39 is 6.10 Å². The molecule has 0 aromatic heterocycles. The molecule has 0 radical (unpaired) electrons. The largest absolute Gasteiger partial charge is 0.388 e. The van der Waals surface area contributed by atoms with E-state index in [1.165, 1.54) is 0 Å². The molecule has 4 heteroatoms. The quantitative estimate of drug-likeness (QED) is 0.906. The number of amides is 1. The smallest absolute Gasteiger partial charge is 0.227 e. The summed E-state index contributed by atoms with van der Waals surface area (Å²) < 4.78 is 0.942. The molecule has 2 N–H and O–H groups in total. The second-order valence-electron chi connectivity index (χ2n) is 4.19. The summed E-state index contributed by atoms with van der Waals surface area (Å²) in [4.78, 5) is 11.8. The normalized spacial score (nSPS) is 11.9. The van der Waals surface area contributed by atoms with Gasteiger partial charge in [-0.05, 0) is 29.8 Å². The maximum absolute atomic E-state index is 11.8. The van der Waals surface area contributed by atoms with Crippen LogP contribution in [0.1, 0.15) is 18.1 Å². The van der Waals surface area contributed by atoms with Gasteiger partial charge < -0.3 is 10.4 Å². The van der Waals surface area contributed by atoms with Gasteiger partial charge in [-0.1, -0.05) is 46.3 Å². The fourth-order valence-corrected chi connectivity index (χ4v) is 1.98. The lowest BCUT2D eigenvalue weighted by molar-refractivity contribution is -0.118. The lowest BCUT2D eigenvalue weighted by atomic mass is 10.1. The van der Waals surface area contributed by atoms with E-state index in [1.807, 2.05) is 42.5 Å². The molecule has 3 nitrogen and oxygen atoms in total. The van der Waals surface area contributed by atoms with Gasteiger partial charge >= 0.3 is 0 Å². The zero-order chi connectivity index (χ0) is 13.7. The van der Waals surface area contributed by atoms with Crippen LogP contribution in [0.5, 0.6) is 0 Å². The van der Waals surface area contributed by atoms with Crippen molar-refractivity contribution in [3.8, 4) is 0 Å². The second kappa shape index (κ2) is 6.50.